The van der Waals surface area contributed by atoms with Gasteiger partial charge >= 0.3 is 5.69 Å². The van der Waals surface area contributed by atoms with Crippen molar-refractivity contribution in [3.05, 3.63) is 64.6 Å². The second-order valence-corrected chi connectivity index (χ2v) is 7.88. The number of hydrogen-bond donors (Lipinski definition) is 2. The molecule has 0 bridgehead atoms. The molecule has 1 atom stereocenters. The number of aromatic hydroxyl groups is 1. The highest BCUT2D eigenvalue weighted by Crippen LogP contribution is 2.27. The second kappa shape index (κ2) is 8.63. The number of H-pyrrole nitrogens is 1. The fourth-order valence-corrected chi connectivity index (χ4v) is 3.86. The van der Waals surface area contributed by atoms with Gasteiger partial charge in [-0.1, -0.05) is 12.1 Å². The fraction of sp³-hybridized carbons (Fsp3) is 0.292. The summed E-state index contributed by atoms with van der Waals surface area (Å²) in [6.07, 6.45) is 2.06. The van der Waals surface area contributed by atoms with Crippen LogP contribution in [0.5, 0.6) is 11.5 Å². The van der Waals surface area contributed by atoms with E-state index in [0.717, 1.165) is 30.5 Å². The second-order valence-electron chi connectivity index (χ2n) is 7.88. The van der Waals surface area contributed by atoms with E-state index < -0.39 is 5.69 Å². The molecule has 0 radical (unpaired) electrons. The Morgan fingerprint density at radius 3 is 2.81 bits per heavy atom. The predicted molar refractivity (Wildman–Crippen MR) is 118 cm³/mol. The summed E-state index contributed by atoms with van der Waals surface area (Å²) in [5.74, 6) is 0.728. The van der Waals surface area contributed by atoms with Crippen molar-refractivity contribution in [2.24, 2.45) is 0 Å². The molecule has 0 aliphatic carbocycles. The number of nitrogens with one attached hydrogen (secondary N) is 1. The van der Waals surface area contributed by atoms with Crippen molar-refractivity contribution in [1.29, 1.82) is 0 Å². The lowest BCUT2D eigenvalue weighted by molar-refractivity contribution is -0.133. The predicted octanol–water partition coefficient (Wildman–Crippen LogP) is 3.51. The van der Waals surface area contributed by atoms with Crippen molar-refractivity contribution < 1.29 is 14.6 Å². The van der Waals surface area contributed by atoms with Gasteiger partial charge in [0.2, 0.25) is 0 Å². The average Bonchev–Trinajstić information content (AvgIpc) is 3.19. The molecule has 0 saturated carbocycles. The Labute approximate surface area is 180 Å². The third kappa shape index (κ3) is 4.60. The normalized spacial score (nSPS) is 15.8. The average molecular weight is 419 g/mol. The molecule has 1 aromatic heterocycles. The zero-order chi connectivity index (χ0) is 22.0. The molecule has 7 heteroatoms. The summed E-state index contributed by atoms with van der Waals surface area (Å²) in [4.78, 5) is 33.3. The number of hydrogen-bond acceptors (Lipinski definition) is 5. The van der Waals surface area contributed by atoms with Crippen LogP contribution in [0.2, 0.25) is 0 Å². The first-order chi connectivity index (χ1) is 14.9. The number of phenolic OH excluding ortho intramolecular Hbond substituents is 1. The molecule has 160 valence electrons. The van der Waals surface area contributed by atoms with Crippen LogP contribution in [0.25, 0.3) is 22.5 Å². The minimum absolute atomic E-state index is 0.0152. The number of amides is 1. The van der Waals surface area contributed by atoms with Gasteiger partial charge < -0.3 is 19.7 Å². The number of carbonyl (C=O) groups is 1. The van der Waals surface area contributed by atoms with Crippen LogP contribution >= 0.6 is 0 Å². The van der Waals surface area contributed by atoms with Crippen LogP contribution in [-0.4, -0.2) is 45.1 Å². The number of ether oxygens (including phenoxy) is 1. The number of nitrogens with zero attached hydrogens (tertiary/aromatic N) is 2. The Morgan fingerprint density at radius 1 is 1.23 bits per heavy atom. The van der Waals surface area contributed by atoms with Gasteiger partial charge in [0, 0.05) is 23.7 Å². The zero-order valence-corrected chi connectivity index (χ0v) is 17.6. The van der Waals surface area contributed by atoms with Gasteiger partial charge in [-0.2, -0.15) is 4.98 Å². The summed E-state index contributed by atoms with van der Waals surface area (Å²) < 4.78 is 5.74. The van der Waals surface area contributed by atoms with Crippen molar-refractivity contribution in [3.63, 3.8) is 0 Å². The van der Waals surface area contributed by atoms with Crippen LogP contribution in [0.3, 0.4) is 0 Å². The third-order valence-corrected chi connectivity index (χ3v) is 5.62. The van der Waals surface area contributed by atoms with E-state index in [2.05, 4.69) is 16.9 Å². The molecule has 1 fully saturated rings. The van der Waals surface area contributed by atoms with Crippen molar-refractivity contribution in [3.8, 4) is 34.0 Å². The van der Waals surface area contributed by atoms with E-state index >= 15 is 0 Å². The molecule has 1 unspecified atom stereocenters. The van der Waals surface area contributed by atoms with Crippen molar-refractivity contribution in [2.45, 2.75) is 32.7 Å². The first-order valence-corrected chi connectivity index (χ1v) is 10.3. The molecule has 1 aliphatic rings. The number of carbonyl (C=O) groups excluding carboxylic acids is 1. The molecular formula is C24H25N3O4. The third-order valence-electron chi connectivity index (χ3n) is 5.62. The minimum Gasteiger partial charge on any atom is -0.508 e. The quantitative estimate of drug-likeness (QED) is 0.660. The van der Waals surface area contributed by atoms with E-state index in [4.69, 9.17) is 4.74 Å². The summed E-state index contributed by atoms with van der Waals surface area (Å²) in [7, 11) is 0. The monoisotopic (exact) mass is 419 g/mol. The van der Waals surface area contributed by atoms with Crippen LogP contribution in [0, 0.1) is 6.92 Å². The Morgan fingerprint density at radius 2 is 2.06 bits per heavy atom. The molecular weight excluding hydrogens is 394 g/mol. The minimum atomic E-state index is -0.470. The molecule has 1 aliphatic heterocycles. The maximum atomic E-state index is 12.4. The van der Waals surface area contributed by atoms with Gasteiger partial charge in [0.25, 0.3) is 5.91 Å². The number of benzene rings is 2. The summed E-state index contributed by atoms with van der Waals surface area (Å²) in [5, 5.41) is 9.75. The maximum absolute atomic E-state index is 12.4. The van der Waals surface area contributed by atoms with Gasteiger partial charge in [-0.25, -0.2) is 4.79 Å². The first kappa shape index (κ1) is 20.7. The van der Waals surface area contributed by atoms with Gasteiger partial charge in [-0.3, -0.25) is 4.79 Å². The van der Waals surface area contributed by atoms with Gasteiger partial charge in [-0.05, 0) is 68.7 Å². The number of aryl methyl sites for hydroxylation is 1. The maximum Gasteiger partial charge on any atom is 0.345 e. The van der Waals surface area contributed by atoms with E-state index in [9.17, 15) is 14.7 Å². The Balaban J connectivity index is 1.56. The number of aromatic amines is 1. The van der Waals surface area contributed by atoms with Crippen LogP contribution in [0.1, 0.15) is 25.3 Å². The van der Waals surface area contributed by atoms with E-state index in [0.29, 0.717) is 22.7 Å². The fourth-order valence-electron chi connectivity index (χ4n) is 3.86. The topological polar surface area (TPSA) is 95.5 Å². The standard InChI is InChI=1S/C24H25N3O4/c1-15-11-18(8-9-22(15)28)21-13-20(25-24(30)26-21)17-6-3-7-19(12-17)31-14-23(29)27-10-4-5-16(27)2/h3,6-9,11-13,16,28H,4-5,10,14H2,1-2H3,(H,25,26,30). The molecule has 2 heterocycles. The van der Waals surface area contributed by atoms with E-state index in [1.54, 1.807) is 43.3 Å². The Kier molecular flexibility index (Phi) is 5.75. The highest BCUT2D eigenvalue weighted by molar-refractivity contribution is 5.78. The van der Waals surface area contributed by atoms with E-state index in [-0.39, 0.29) is 24.3 Å². The highest BCUT2D eigenvalue weighted by atomic mass is 16.5. The molecule has 1 saturated heterocycles. The number of rotatable bonds is 5. The van der Waals surface area contributed by atoms with Gasteiger partial charge in [-0.15, -0.1) is 0 Å². The summed E-state index contributed by atoms with van der Waals surface area (Å²) in [6.45, 7) is 4.61. The van der Waals surface area contributed by atoms with Crippen LogP contribution in [-0.2, 0) is 4.79 Å². The largest absolute Gasteiger partial charge is 0.508 e. The zero-order valence-electron chi connectivity index (χ0n) is 17.6. The lowest BCUT2D eigenvalue weighted by atomic mass is 10.1. The molecule has 0 spiro atoms. The number of phenols is 1. The van der Waals surface area contributed by atoms with Gasteiger partial charge in [0.15, 0.2) is 6.61 Å². The van der Waals surface area contributed by atoms with Crippen molar-refractivity contribution in [1.82, 2.24) is 14.9 Å². The Bertz CT molecular complexity index is 1170. The van der Waals surface area contributed by atoms with Crippen LogP contribution in [0.4, 0.5) is 0 Å². The summed E-state index contributed by atoms with van der Waals surface area (Å²) >= 11 is 0. The highest BCUT2D eigenvalue weighted by Gasteiger charge is 2.25. The lowest BCUT2D eigenvalue weighted by Gasteiger charge is -2.21. The van der Waals surface area contributed by atoms with Crippen LogP contribution in [0.15, 0.2) is 53.3 Å². The van der Waals surface area contributed by atoms with E-state index in [1.165, 1.54) is 0 Å². The smallest absolute Gasteiger partial charge is 0.345 e. The first-order valence-electron chi connectivity index (χ1n) is 10.3. The van der Waals surface area contributed by atoms with Crippen molar-refractivity contribution >= 4 is 5.91 Å². The van der Waals surface area contributed by atoms with E-state index in [1.807, 2.05) is 17.0 Å². The molecule has 4 rings (SSSR count). The van der Waals surface area contributed by atoms with Crippen LogP contribution < -0.4 is 10.4 Å². The molecule has 2 aromatic carbocycles. The molecule has 3 aromatic rings. The van der Waals surface area contributed by atoms with Crippen molar-refractivity contribution in [2.75, 3.05) is 13.2 Å². The number of likely N-dealkylation sites (tertiary alicyclic amines) is 1. The molecule has 2 N–H and O–H groups in total. The Hall–Kier alpha value is -3.61. The molecule has 1 amide bonds. The van der Waals surface area contributed by atoms with Gasteiger partial charge in [0.1, 0.15) is 11.5 Å². The SMILES string of the molecule is Cc1cc(-c2cc(-c3cccc(OCC(=O)N4CCCC4C)c3)[nH]c(=O)n2)ccc1O. The lowest BCUT2D eigenvalue weighted by Crippen LogP contribution is -2.37. The number of aromatic nitrogens is 2. The van der Waals surface area contributed by atoms with Gasteiger partial charge in [0.05, 0.1) is 11.4 Å². The molecule has 31 heavy (non-hydrogen) atoms. The molecule has 7 nitrogen and oxygen atoms in total. The summed E-state index contributed by atoms with van der Waals surface area (Å²) in [6, 6.07) is 14.4. The summed E-state index contributed by atoms with van der Waals surface area (Å²) in [5.41, 5.74) is 2.81.